The second-order valence-electron chi connectivity index (χ2n) is 6.07. The van der Waals surface area contributed by atoms with Gasteiger partial charge in [0.05, 0.1) is 0 Å². The maximum Gasteiger partial charge on any atom is 0.319 e. The molecule has 2 amide bonds. The van der Waals surface area contributed by atoms with Crippen molar-refractivity contribution in [1.82, 2.24) is 10.2 Å². The predicted octanol–water partition coefficient (Wildman–Crippen LogP) is 4.26. The highest BCUT2D eigenvalue weighted by molar-refractivity contribution is 6.30. The summed E-state index contributed by atoms with van der Waals surface area (Å²) in [5.74, 6) is 0. The number of carbonyl (C=O) groups excluding carboxylic acids is 1. The summed E-state index contributed by atoms with van der Waals surface area (Å²) >= 11 is 5.93. The van der Waals surface area contributed by atoms with Gasteiger partial charge in [0, 0.05) is 23.8 Å². The Labute approximate surface area is 147 Å². The van der Waals surface area contributed by atoms with Crippen LogP contribution in [0.15, 0.2) is 48.5 Å². The fourth-order valence-corrected chi connectivity index (χ4v) is 3.17. The molecule has 24 heavy (non-hydrogen) atoms. The molecule has 1 aliphatic heterocycles. The minimum absolute atomic E-state index is 0.228. The normalized spacial score (nSPS) is 14.5. The topological polar surface area (TPSA) is 44.4 Å². The Morgan fingerprint density at radius 2 is 1.79 bits per heavy atom. The largest absolute Gasteiger partial charge is 0.334 e. The molecular formula is C19H22ClN3O. The van der Waals surface area contributed by atoms with Crippen LogP contribution < -0.4 is 10.6 Å². The predicted molar refractivity (Wildman–Crippen MR) is 98.3 cm³/mol. The number of nitrogens with one attached hydrogen (secondary N) is 2. The number of halogens is 1. The Morgan fingerprint density at radius 3 is 2.54 bits per heavy atom. The molecule has 2 aromatic rings. The van der Waals surface area contributed by atoms with Gasteiger partial charge >= 0.3 is 6.03 Å². The van der Waals surface area contributed by atoms with Gasteiger partial charge in [-0.1, -0.05) is 41.9 Å². The third-order valence-electron chi connectivity index (χ3n) is 4.23. The SMILES string of the molecule is O=C(NCc1ccccc1CN1CCCC1)Nc1cccc(Cl)c1. The van der Waals surface area contributed by atoms with Gasteiger partial charge in [-0.3, -0.25) is 4.90 Å². The second kappa shape index (κ2) is 8.18. The van der Waals surface area contributed by atoms with Gasteiger partial charge < -0.3 is 10.6 Å². The molecule has 0 unspecified atom stereocenters. The van der Waals surface area contributed by atoms with E-state index in [1.165, 1.54) is 18.4 Å². The lowest BCUT2D eigenvalue weighted by Crippen LogP contribution is -2.29. The first-order chi connectivity index (χ1) is 11.7. The summed E-state index contributed by atoms with van der Waals surface area (Å²) in [5, 5.41) is 6.32. The highest BCUT2D eigenvalue weighted by atomic mass is 35.5. The molecular weight excluding hydrogens is 322 g/mol. The molecule has 1 heterocycles. The van der Waals surface area contributed by atoms with Gasteiger partial charge in [0.1, 0.15) is 0 Å². The Kier molecular flexibility index (Phi) is 5.72. The third-order valence-corrected chi connectivity index (χ3v) is 4.47. The number of rotatable bonds is 5. The molecule has 5 heteroatoms. The number of anilines is 1. The van der Waals surface area contributed by atoms with E-state index in [1.54, 1.807) is 12.1 Å². The number of hydrogen-bond donors (Lipinski definition) is 2. The van der Waals surface area contributed by atoms with Crippen molar-refractivity contribution in [3.63, 3.8) is 0 Å². The van der Waals surface area contributed by atoms with Gasteiger partial charge in [-0.25, -0.2) is 4.79 Å². The van der Waals surface area contributed by atoms with Crippen LogP contribution in [0.25, 0.3) is 0 Å². The van der Waals surface area contributed by atoms with Crippen molar-refractivity contribution < 1.29 is 4.79 Å². The molecule has 2 aromatic carbocycles. The quantitative estimate of drug-likeness (QED) is 0.852. The summed E-state index contributed by atoms with van der Waals surface area (Å²) in [6.45, 7) is 3.79. The standard InChI is InChI=1S/C19H22ClN3O/c20-17-8-5-9-18(12-17)22-19(24)21-13-15-6-1-2-7-16(15)14-23-10-3-4-11-23/h1-2,5-9,12H,3-4,10-11,13-14H2,(H2,21,22,24). The first kappa shape index (κ1) is 16.8. The summed E-state index contributed by atoms with van der Waals surface area (Å²) in [7, 11) is 0. The van der Waals surface area contributed by atoms with Crippen LogP contribution in [0.2, 0.25) is 5.02 Å². The van der Waals surface area contributed by atoms with Crippen LogP contribution in [0, 0.1) is 0 Å². The van der Waals surface area contributed by atoms with Crippen LogP contribution in [0.1, 0.15) is 24.0 Å². The molecule has 2 N–H and O–H groups in total. The summed E-state index contributed by atoms with van der Waals surface area (Å²) in [6.07, 6.45) is 2.56. The van der Waals surface area contributed by atoms with E-state index in [4.69, 9.17) is 11.6 Å². The number of benzene rings is 2. The minimum Gasteiger partial charge on any atom is -0.334 e. The number of carbonyl (C=O) groups is 1. The molecule has 1 aliphatic rings. The van der Waals surface area contributed by atoms with Crippen LogP contribution in [0.3, 0.4) is 0 Å². The summed E-state index contributed by atoms with van der Waals surface area (Å²) in [4.78, 5) is 14.5. The highest BCUT2D eigenvalue weighted by Crippen LogP contribution is 2.17. The van der Waals surface area contributed by atoms with Crippen LogP contribution >= 0.6 is 11.6 Å². The molecule has 0 radical (unpaired) electrons. The zero-order chi connectivity index (χ0) is 16.8. The number of nitrogens with zero attached hydrogens (tertiary/aromatic N) is 1. The Bertz CT molecular complexity index is 699. The fourth-order valence-electron chi connectivity index (χ4n) is 2.98. The Balaban J connectivity index is 1.56. The molecule has 1 fully saturated rings. The lowest BCUT2D eigenvalue weighted by Gasteiger charge is -2.18. The van der Waals surface area contributed by atoms with E-state index in [9.17, 15) is 4.79 Å². The first-order valence-electron chi connectivity index (χ1n) is 8.30. The molecule has 4 nitrogen and oxygen atoms in total. The van der Waals surface area contributed by atoms with E-state index in [1.807, 2.05) is 18.2 Å². The molecule has 0 atom stereocenters. The highest BCUT2D eigenvalue weighted by Gasteiger charge is 2.13. The zero-order valence-corrected chi connectivity index (χ0v) is 14.4. The monoisotopic (exact) mass is 343 g/mol. The van der Waals surface area contributed by atoms with Crippen molar-refractivity contribution in [1.29, 1.82) is 0 Å². The molecule has 0 aliphatic carbocycles. The van der Waals surface area contributed by atoms with Gasteiger partial charge in [0.15, 0.2) is 0 Å². The van der Waals surface area contributed by atoms with Gasteiger partial charge in [0.2, 0.25) is 0 Å². The van der Waals surface area contributed by atoms with Crippen LogP contribution in [-0.2, 0) is 13.1 Å². The van der Waals surface area contributed by atoms with Crippen molar-refractivity contribution in [2.75, 3.05) is 18.4 Å². The molecule has 0 spiro atoms. The van der Waals surface area contributed by atoms with E-state index in [0.29, 0.717) is 17.3 Å². The molecule has 126 valence electrons. The third kappa shape index (κ3) is 4.73. The van der Waals surface area contributed by atoms with E-state index in [2.05, 4.69) is 33.7 Å². The van der Waals surface area contributed by atoms with Crippen LogP contribution in [0.5, 0.6) is 0 Å². The summed E-state index contributed by atoms with van der Waals surface area (Å²) < 4.78 is 0. The smallest absolute Gasteiger partial charge is 0.319 e. The number of amides is 2. The van der Waals surface area contributed by atoms with Crippen molar-refractivity contribution in [3.05, 3.63) is 64.7 Å². The average Bonchev–Trinajstić information content (AvgIpc) is 3.07. The van der Waals surface area contributed by atoms with E-state index >= 15 is 0 Å². The van der Waals surface area contributed by atoms with Gasteiger partial charge in [0.25, 0.3) is 0 Å². The van der Waals surface area contributed by atoms with Crippen molar-refractivity contribution >= 4 is 23.3 Å². The lowest BCUT2D eigenvalue weighted by molar-refractivity contribution is 0.251. The first-order valence-corrected chi connectivity index (χ1v) is 8.68. The molecule has 0 saturated carbocycles. The molecule has 0 bridgehead atoms. The van der Waals surface area contributed by atoms with E-state index < -0.39 is 0 Å². The molecule has 1 saturated heterocycles. The van der Waals surface area contributed by atoms with Gasteiger partial charge in [-0.15, -0.1) is 0 Å². The van der Waals surface area contributed by atoms with Gasteiger partial charge in [-0.05, 0) is 55.3 Å². The Hall–Kier alpha value is -2.04. The van der Waals surface area contributed by atoms with Gasteiger partial charge in [-0.2, -0.15) is 0 Å². The van der Waals surface area contributed by atoms with Crippen LogP contribution in [0.4, 0.5) is 10.5 Å². The number of hydrogen-bond acceptors (Lipinski definition) is 2. The number of urea groups is 1. The van der Waals surface area contributed by atoms with Crippen LogP contribution in [-0.4, -0.2) is 24.0 Å². The van der Waals surface area contributed by atoms with E-state index in [-0.39, 0.29) is 6.03 Å². The average molecular weight is 344 g/mol. The maximum absolute atomic E-state index is 12.1. The van der Waals surface area contributed by atoms with Crippen molar-refractivity contribution in [2.45, 2.75) is 25.9 Å². The Morgan fingerprint density at radius 1 is 1.04 bits per heavy atom. The lowest BCUT2D eigenvalue weighted by atomic mass is 10.1. The second-order valence-corrected chi connectivity index (χ2v) is 6.51. The fraction of sp³-hybridized carbons (Fsp3) is 0.316. The number of likely N-dealkylation sites (tertiary alicyclic amines) is 1. The maximum atomic E-state index is 12.1. The van der Waals surface area contributed by atoms with E-state index in [0.717, 1.165) is 25.2 Å². The summed E-state index contributed by atoms with van der Waals surface area (Å²) in [6, 6.07) is 15.2. The summed E-state index contributed by atoms with van der Waals surface area (Å²) in [5.41, 5.74) is 3.12. The zero-order valence-electron chi connectivity index (χ0n) is 13.6. The molecule has 0 aromatic heterocycles. The molecule has 3 rings (SSSR count). The minimum atomic E-state index is -0.228. The van der Waals surface area contributed by atoms with Crippen molar-refractivity contribution in [2.24, 2.45) is 0 Å². The van der Waals surface area contributed by atoms with Crippen molar-refractivity contribution in [3.8, 4) is 0 Å².